The van der Waals surface area contributed by atoms with E-state index in [2.05, 4.69) is 0 Å². The number of methoxy groups -OCH3 is 1. The molecule has 0 aliphatic carbocycles. The van der Waals surface area contributed by atoms with Gasteiger partial charge in [0.1, 0.15) is 6.10 Å². The average molecular weight is 241 g/mol. The van der Waals surface area contributed by atoms with E-state index in [9.17, 15) is 4.79 Å². The third kappa shape index (κ3) is 3.62. The second kappa shape index (κ2) is 6.02. The lowest BCUT2D eigenvalue weighted by molar-refractivity contribution is -0.130. The topological polar surface area (TPSA) is 26.3 Å². The van der Waals surface area contributed by atoms with E-state index in [1.807, 2.05) is 26.0 Å². The van der Waals surface area contributed by atoms with Gasteiger partial charge in [0.2, 0.25) is 0 Å². The summed E-state index contributed by atoms with van der Waals surface area (Å²) in [5.41, 5.74) is 0.970. The molecule has 0 spiro atoms. The van der Waals surface area contributed by atoms with Crippen LogP contribution in [0.5, 0.6) is 0 Å². The first kappa shape index (κ1) is 13.2. The van der Waals surface area contributed by atoms with Crippen LogP contribution in [0.2, 0.25) is 5.02 Å². The van der Waals surface area contributed by atoms with Gasteiger partial charge >= 0.3 is 0 Å². The highest BCUT2D eigenvalue weighted by atomic mass is 35.5. The second-order valence-corrected chi connectivity index (χ2v) is 4.61. The Hall–Kier alpha value is -0.860. The number of carbonyl (C=O) groups is 1. The van der Waals surface area contributed by atoms with Crippen LogP contribution in [0.15, 0.2) is 24.3 Å². The lowest BCUT2D eigenvalue weighted by Crippen LogP contribution is -2.29. The van der Waals surface area contributed by atoms with Crippen LogP contribution in [-0.4, -0.2) is 19.0 Å². The SMILES string of the molecule is COC(C(=O)Cc1ccc(Cl)cc1)C(C)C. The molecule has 88 valence electrons. The summed E-state index contributed by atoms with van der Waals surface area (Å²) in [6.45, 7) is 3.96. The van der Waals surface area contributed by atoms with Gasteiger partial charge < -0.3 is 4.74 Å². The van der Waals surface area contributed by atoms with Gasteiger partial charge in [0, 0.05) is 18.6 Å². The fraction of sp³-hybridized carbons (Fsp3) is 0.462. The minimum Gasteiger partial charge on any atom is -0.373 e. The molecule has 0 aliphatic heterocycles. The summed E-state index contributed by atoms with van der Waals surface area (Å²) in [5, 5.41) is 0.684. The Labute approximate surface area is 102 Å². The van der Waals surface area contributed by atoms with Crippen molar-refractivity contribution in [2.24, 2.45) is 5.92 Å². The normalized spacial score (nSPS) is 12.8. The number of hydrogen-bond donors (Lipinski definition) is 0. The summed E-state index contributed by atoms with van der Waals surface area (Å²) >= 11 is 5.78. The summed E-state index contributed by atoms with van der Waals surface area (Å²) in [7, 11) is 1.57. The molecule has 3 heteroatoms. The van der Waals surface area contributed by atoms with Crippen LogP contribution in [0.3, 0.4) is 0 Å². The summed E-state index contributed by atoms with van der Waals surface area (Å²) in [6, 6.07) is 7.32. The maximum Gasteiger partial charge on any atom is 0.166 e. The Morgan fingerprint density at radius 2 is 1.88 bits per heavy atom. The highest BCUT2D eigenvalue weighted by Crippen LogP contribution is 2.13. The smallest absolute Gasteiger partial charge is 0.166 e. The molecule has 0 bridgehead atoms. The number of Topliss-reactive ketones (excluding diaryl/α,β-unsaturated/α-hetero) is 1. The van der Waals surface area contributed by atoms with Crippen LogP contribution >= 0.6 is 11.6 Å². The Balaban J connectivity index is 2.66. The predicted molar refractivity (Wildman–Crippen MR) is 65.8 cm³/mol. The summed E-state index contributed by atoms with van der Waals surface area (Å²) in [6.07, 6.45) is 0.0732. The van der Waals surface area contributed by atoms with Crippen LogP contribution in [0.25, 0.3) is 0 Å². The largest absolute Gasteiger partial charge is 0.373 e. The first-order chi connectivity index (χ1) is 7.54. The fourth-order valence-electron chi connectivity index (χ4n) is 1.68. The van der Waals surface area contributed by atoms with Crippen LogP contribution in [-0.2, 0) is 16.0 Å². The molecule has 0 heterocycles. The summed E-state index contributed by atoms with van der Waals surface area (Å²) in [5.74, 6) is 0.310. The minimum absolute atomic E-state index is 0.111. The monoisotopic (exact) mass is 240 g/mol. The maximum atomic E-state index is 11.9. The summed E-state index contributed by atoms with van der Waals surface area (Å²) in [4.78, 5) is 11.9. The van der Waals surface area contributed by atoms with Crippen molar-refractivity contribution in [2.75, 3.05) is 7.11 Å². The number of carbonyl (C=O) groups excluding carboxylic acids is 1. The fourth-order valence-corrected chi connectivity index (χ4v) is 1.81. The Bertz CT molecular complexity index is 343. The van der Waals surface area contributed by atoms with Crippen molar-refractivity contribution in [1.82, 2.24) is 0 Å². The van der Waals surface area contributed by atoms with Crippen molar-refractivity contribution in [3.05, 3.63) is 34.9 Å². The average Bonchev–Trinajstić information content (AvgIpc) is 2.22. The number of ketones is 1. The minimum atomic E-state index is -0.323. The molecule has 1 aromatic rings. The second-order valence-electron chi connectivity index (χ2n) is 4.17. The molecule has 0 saturated heterocycles. The van der Waals surface area contributed by atoms with E-state index in [0.29, 0.717) is 11.4 Å². The number of benzene rings is 1. The van der Waals surface area contributed by atoms with Crippen molar-refractivity contribution in [3.8, 4) is 0 Å². The molecule has 16 heavy (non-hydrogen) atoms. The van der Waals surface area contributed by atoms with Gasteiger partial charge in [0.25, 0.3) is 0 Å². The van der Waals surface area contributed by atoms with E-state index >= 15 is 0 Å². The molecule has 1 rings (SSSR count). The zero-order valence-corrected chi connectivity index (χ0v) is 10.6. The van der Waals surface area contributed by atoms with Crippen molar-refractivity contribution in [2.45, 2.75) is 26.4 Å². The van der Waals surface area contributed by atoms with E-state index in [1.54, 1.807) is 19.2 Å². The molecule has 0 aromatic heterocycles. The van der Waals surface area contributed by atoms with Crippen LogP contribution in [0, 0.1) is 5.92 Å². The van der Waals surface area contributed by atoms with Crippen molar-refractivity contribution >= 4 is 17.4 Å². The first-order valence-corrected chi connectivity index (χ1v) is 5.72. The third-order valence-electron chi connectivity index (χ3n) is 2.47. The highest BCUT2D eigenvalue weighted by Gasteiger charge is 2.21. The third-order valence-corrected chi connectivity index (χ3v) is 2.72. The standard InChI is InChI=1S/C13H17ClO2/c1-9(2)13(16-3)12(15)8-10-4-6-11(14)7-5-10/h4-7,9,13H,8H2,1-3H3. The van der Waals surface area contributed by atoms with Crippen LogP contribution in [0.1, 0.15) is 19.4 Å². The molecular weight excluding hydrogens is 224 g/mol. The lowest BCUT2D eigenvalue weighted by atomic mass is 9.98. The maximum absolute atomic E-state index is 11.9. The van der Waals surface area contributed by atoms with Gasteiger partial charge in [-0.1, -0.05) is 37.6 Å². The Morgan fingerprint density at radius 3 is 2.31 bits per heavy atom. The van der Waals surface area contributed by atoms with Crippen molar-refractivity contribution < 1.29 is 9.53 Å². The molecule has 0 saturated carbocycles. The molecule has 1 atom stereocenters. The van der Waals surface area contributed by atoms with Crippen LogP contribution in [0.4, 0.5) is 0 Å². The Morgan fingerprint density at radius 1 is 1.31 bits per heavy atom. The highest BCUT2D eigenvalue weighted by molar-refractivity contribution is 6.30. The molecule has 1 unspecified atom stereocenters. The van der Waals surface area contributed by atoms with Gasteiger partial charge in [0.05, 0.1) is 0 Å². The Kier molecular flexibility index (Phi) is 4.97. The van der Waals surface area contributed by atoms with Gasteiger partial charge in [-0.05, 0) is 23.6 Å². The van der Waals surface area contributed by atoms with Gasteiger partial charge in [-0.3, -0.25) is 4.79 Å². The molecule has 1 aromatic carbocycles. The van der Waals surface area contributed by atoms with E-state index < -0.39 is 0 Å². The van der Waals surface area contributed by atoms with Gasteiger partial charge in [-0.25, -0.2) is 0 Å². The molecule has 2 nitrogen and oxygen atoms in total. The first-order valence-electron chi connectivity index (χ1n) is 5.34. The van der Waals surface area contributed by atoms with E-state index in [-0.39, 0.29) is 17.8 Å². The molecular formula is C13H17ClO2. The van der Waals surface area contributed by atoms with E-state index in [1.165, 1.54) is 0 Å². The number of hydrogen-bond acceptors (Lipinski definition) is 2. The lowest BCUT2D eigenvalue weighted by Gasteiger charge is -2.17. The van der Waals surface area contributed by atoms with Gasteiger partial charge in [0.15, 0.2) is 5.78 Å². The quantitative estimate of drug-likeness (QED) is 0.791. The number of rotatable bonds is 5. The zero-order chi connectivity index (χ0) is 12.1. The zero-order valence-electron chi connectivity index (χ0n) is 9.87. The molecule has 0 amide bonds. The molecule has 0 aliphatic rings. The molecule has 0 fully saturated rings. The van der Waals surface area contributed by atoms with Crippen molar-refractivity contribution in [1.29, 1.82) is 0 Å². The van der Waals surface area contributed by atoms with Crippen molar-refractivity contribution in [3.63, 3.8) is 0 Å². The number of ether oxygens (including phenoxy) is 1. The number of halogens is 1. The van der Waals surface area contributed by atoms with Gasteiger partial charge in [-0.15, -0.1) is 0 Å². The van der Waals surface area contributed by atoms with E-state index in [0.717, 1.165) is 5.56 Å². The van der Waals surface area contributed by atoms with Gasteiger partial charge in [-0.2, -0.15) is 0 Å². The van der Waals surface area contributed by atoms with Crippen LogP contribution < -0.4 is 0 Å². The van der Waals surface area contributed by atoms with E-state index in [4.69, 9.17) is 16.3 Å². The summed E-state index contributed by atoms with van der Waals surface area (Å²) < 4.78 is 5.19. The molecule has 0 N–H and O–H groups in total. The molecule has 0 radical (unpaired) electrons. The predicted octanol–water partition coefficient (Wildman–Crippen LogP) is 3.12.